The van der Waals surface area contributed by atoms with Crippen molar-refractivity contribution >= 4 is 5.91 Å². The van der Waals surface area contributed by atoms with Crippen LogP contribution in [-0.4, -0.2) is 53.0 Å². The van der Waals surface area contributed by atoms with E-state index in [-0.39, 0.29) is 17.0 Å². The van der Waals surface area contributed by atoms with Gasteiger partial charge in [-0.2, -0.15) is 8.78 Å². The van der Waals surface area contributed by atoms with Crippen molar-refractivity contribution in [3.8, 4) is 0 Å². The molecule has 0 bridgehead atoms. The molecule has 3 heterocycles. The van der Waals surface area contributed by atoms with Crippen molar-refractivity contribution in [3.63, 3.8) is 0 Å². The number of aryl methyl sites for hydroxylation is 1. The highest BCUT2D eigenvalue weighted by Crippen LogP contribution is 2.39. The molecule has 24 heavy (non-hydrogen) atoms. The third-order valence-corrected chi connectivity index (χ3v) is 5.67. The Morgan fingerprint density at radius 1 is 1.21 bits per heavy atom. The van der Waals surface area contributed by atoms with Gasteiger partial charge >= 0.3 is 6.55 Å². The number of carbonyl (C=O) groups excluding carboxylic acids is 1. The Balaban J connectivity index is 1.79. The fourth-order valence-electron chi connectivity index (χ4n) is 4.44. The summed E-state index contributed by atoms with van der Waals surface area (Å²) in [6.07, 6.45) is 4.37. The van der Waals surface area contributed by atoms with E-state index in [9.17, 15) is 13.6 Å². The minimum absolute atomic E-state index is 0.114. The van der Waals surface area contributed by atoms with Gasteiger partial charge in [-0.3, -0.25) is 9.36 Å². The average molecular weight is 339 g/mol. The molecule has 0 radical (unpaired) electrons. The molecule has 2 aliphatic heterocycles. The van der Waals surface area contributed by atoms with Gasteiger partial charge in [0.2, 0.25) is 0 Å². The number of piperidine rings is 2. The van der Waals surface area contributed by atoms with Gasteiger partial charge in [-0.15, -0.1) is 0 Å². The van der Waals surface area contributed by atoms with Gasteiger partial charge in [0, 0.05) is 30.7 Å². The van der Waals surface area contributed by atoms with E-state index in [0.717, 1.165) is 49.9 Å². The number of alkyl halides is 2. The molecule has 2 saturated heterocycles. The van der Waals surface area contributed by atoms with Gasteiger partial charge in [0.1, 0.15) is 5.69 Å². The molecule has 1 aromatic rings. The van der Waals surface area contributed by atoms with Crippen LogP contribution in [0.3, 0.4) is 0 Å². The van der Waals surface area contributed by atoms with Crippen LogP contribution in [0.25, 0.3) is 0 Å². The van der Waals surface area contributed by atoms with E-state index in [0.29, 0.717) is 18.8 Å². The first-order valence-electron chi connectivity index (χ1n) is 8.93. The van der Waals surface area contributed by atoms with Gasteiger partial charge in [0.05, 0.1) is 0 Å². The third-order valence-electron chi connectivity index (χ3n) is 5.67. The lowest BCUT2D eigenvalue weighted by molar-refractivity contribution is 0.0126. The van der Waals surface area contributed by atoms with Crippen LogP contribution in [0.1, 0.15) is 55.3 Å². The summed E-state index contributed by atoms with van der Waals surface area (Å²) in [6, 6.07) is 3.13. The van der Waals surface area contributed by atoms with Crippen molar-refractivity contribution in [1.29, 1.82) is 0 Å². The summed E-state index contributed by atoms with van der Waals surface area (Å²) in [5.41, 5.74) is 0.678. The molecule has 3 rings (SSSR count). The van der Waals surface area contributed by atoms with E-state index in [4.69, 9.17) is 0 Å². The molecule has 1 atom stereocenters. The molecule has 1 aromatic heterocycles. The quantitative estimate of drug-likeness (QED) is 0.843. The Kier molecular flexibility index (Phi) is 4.95. The zero-order valence-electron chi connectivity index (χ0n) is 14.6. The molecular formula is C18H27F2N3O. The summed E-state index contributed by atoms with van der Waals surface area (Å²) in [5.74, 6) is -0.254. The molecule has 0 unspecified atom stereocenters. The van der Waals surface area contributed by atoms with E-state index in [2.05, 4.69) is 11.8 Å². The molecule has 4 nitrogen and oxygen atoms in total. The first kappa shape index (κ1) is 17.4. The number of aromatic nitrogens is 1. The lowest BCUT2D eigenvalue weighted by atomic mass is 9.73. The Hall–Kier alpha value is -1.43. The largest absolute Gasteiger partial charge is 0.337 e. The molecular weight excluding hydrogens is 312 g/mol. The molecule has 6 heteroatoms. The fourth-order valence-corrected chi connectivity index (χ4v) is 4.44. The second-order valence-electron chi connectivity index (χ2n) is 7.31. The number of hydrogen-bond acceptors (Lipinski definition) is 2. The lowest BCUT2D eigenvalue weighted by Gasteiger charge is -2.48. The predicted octanol–water partition coefficient (Wildman–Crippen LogP) is 3.53. The number of likely N-dealkylation sites (tertiary alicyclic amines) is 2. The van der Waals surface area contributed by atoms with Crippen molar-refractivity contribution in [2.75, 3.05) is 32.7 Å². The summed E-state index contributed by atoms with van der Waals surface area (Å²) >= 11 is 0. The number of rotatable bonds is 3. The van der Waals surface area contributed by atoms with E-state index in [1.165, 1.54) is 6.07 Å². The molecule has 0 N–H and O–H groups in total. The van der Waals surface area contributed by atoms with Crippen LogP contribution in [-0.2, 0) is 0 Å². The Labute approximate surface area is 142 Å². The summed E-state index contributed by atoms with van der Waals surface area (Å²) in [5, 5.41) is 0. The topological polar surface area (TPSA) is 28.5 Å². The first-order chi connectivity index (χ1) is 11.5. The summed E-state index contributed by atoms with van der Waals surface area (Å²) in [4.78, 5) is 17.1. The van der Waals surface area contributed by atoms with Crippen LogP contribution in [0.15, 0.2) is 12.1 Å². The number of amides is 1. The highest BCUT2D eigenvalue weighted by molar-refractivity contribution is 5.93. The van der Waals surface area contributed by atoms with Crippen LogP contribution < -0.4 is 0 Å². The maximum Gasteiger partial charge on any atom is 0.319 e. The first-order valence-corrected chi connectivity index (χ1v) is 8.93. The van der Waals surface area contributed by atoms with Crippen LogP contribution in [0.2, 0.25) is 0 Å². The molecule has 1 spiro atoms. The van der Waals surface area contributed by atoms with Gasteiger partial charge in [-0.1, -0.05) is 6.92 Å². The predicted molar refractivity (Wildman–Crippen MR) is 89.3 cm³/mol. The van der Waals surface area contributed by atoms with Crippen molar-refractivity contribution in [2.45, 2.75) is 46.1 Å². The molecule has 0 saturated carbocycles. The maximum absolute atomic E-state index is 13.3. The average Bonchev–Trinajstić information content (AvgIpc) is 2.96. The molecule has 1 amide bonds. The van der Waals surface area contributed by atoms with Gasteiger partial charge < -0.3 is 9.80 Å². The van der Waals surface area contributed by atoms with Gasteiger partial charge in [-0.25, -0.2) is 0 Å². The number of nitrogens with zero attached hydrogens (tertiary/aromatic N) is 3. The number of halogens is 2. The Morgan fingerprint density at radius 3 is 2.58 bits per heavy atom. The van der Waals surface area contributed by atoms with Crippen LogP contribution >= 0.6 is 0 Å². The normalized spacial score (nSPS) is 25.6. The Bertz CT molecular complexity index is 597. The number of hydrogen-bond donors (Lipinski definition) is 0. The Morgan fingerprint density at radius 2 is 1.92 bits per heavy atom. The standard InChI is InChI=1S/C18H27F2N3O/c1-3-21-10-4-8-18(12-21)9-5-11-22(13-18)16(24)15-7-6-14(2)23(15)17(19)20/h6-7,17H,3-5,8-13H2,1-2H3/t18-/m0/s1. The maximum atomic E-state index is 13.3. The van der Waals surface area contributed by atoms with Gasteiger partial charge in [-0.05, 0) is 57.8 Å². The molecule has 134 valence electrons. The van der Waals surface area contributed by atoms with Crippen molar-refractivity contribution < 1.29 is 13.6 Å². The van der Waals surface area contributed by atoms with Crippen LogP contribution in [0.5, 0.6) is 0 Å². The van der Waals surface area contributed by atoms with Gasteiger partial charge in [0.25, 0.3) is 5.91 Å². The van der Waals surface area contributed by atoms with Crippen LogP contribution in [0.4, 0.5) is 8.78 Å². The minimum atomic E-state index is -2.68. The van der Waals surface area contributed by atoms with Crippen molar-refractivity contribution in [3.05, 3.63) is 23.5 Å². The minimum Gasteiger partial charge on any atom is -0.337 e. The second-order valence-corrected chi connectivity index (χ2v) is 7.31. The zero-order chi connectivity index (χ0) is 17.3. The molecule has 2 aliphatic rings. The molecule has 2 fully saturated rings. The third kappa shape index (κ3) is 3.21. The van der Waals surface area contributed by atoms with E-state index in [1.807, 2.05) is 0 Å². The highest BCUT2D eigenvalue weighted by atomic mass is 19.3. The number of carbonyl (C=O) groups is 1. The van der Waals surface area contributed by atoms with E-state index < -0.39 is 6.55 Å². The van der Waals surface area contributed by atoms with E-state index >= 15 is 0 Å². The van der Waals surface area contributed by atoms with Crippen molar-refractivity contribution in [1.82, 2.24) is 14.4 Å². The van der Waals surface area contributed by atoms with E-state index in [1.54, 1.807) is 17.9 Å². The lowest BCUT2D eigenvalue weighted by Crippen LogP contribution is -2.53. The smallest absolute Gasteiger partial charge is 0.319 e. The van der Waals surface area contributed by atoms with Crippen molar-refractivity contribution in [2.24, 2.45) is 5.41 Å². The monoisotopic (exact) mass is 339 g/mol. The molecule has 0 aromatic carbocycles. The summed E-state index contributed by atoms with van der Waals surface area (Å²) < 4.78 is 27.4. The van der Waals surface area contributed by atoms with Crippen LogP contribution in [0, 0.1) is 12.3 Å². The summed E-state index contributed by atoms with van der Waals surface area (Å²) in [7, 11) is 0. The fraction of sp³-hybridized carbons (Fsp3) is 0.722. The molecule has 0 aliphatic carbocycles. The summed E-state index contributed by atoms with van der Waals surface area (Å²) in [6.45, 7) is 5.63. The zero-order valence-corrected chi connectivity index (χ0v) is 14.6. The van der Waals surface area contributed by atoms with Gasteiger partial charge in [0.15, 0.2) is 0 Å². The second kappa shape index (κ2) is 6.82. The SMILES string of the molecule is CCN1CCC[C@]2(CCCN(C(=O)c3ccc(C)n3C(F)F)C2)C1. The highest BCUT2D eigenvalue weighted by Gasteiger charge is 2.40.